The van der Waals surface area contributed by atoms with Gasteiger partial charge < -0.3 is 11.1 Å². The van der Waals surface area contributed by atoms with Gasteiger partial charge in [0.2, 0.25) is 5.91 Å². The van der Waals surface area contributed by atoms with Crippen LogP contribution in [0.1, 0.15) is 49.4 Å². The second-order valence-electron chi connectivity index (χ2n) is 5.93. The molecule has 1 unspecified atom stereocenters. The van der Waals surface area contributed by atoms with Gasteiger partial charge in [0.25, 0.3) is 0 Å². The van der Waals surface area contributed by atoms with Crippen molar-refractivity contribution < 1.29 is 4.79 Å². The minimum atomic E-state index is -0.292. The van der Waals surface area contributed by atoms with Gasteiger partial charge in [0, 0.05) is 24.8 Å². The Hall–Kier alpha value is -1.36. The van der Waals surface area contributed by atoms with E-state index in [1.165, 1.54) is 11.3 Å². The van der Waals surface area contributed by atoms with Crippen molar-refractivity contribution in [1.82, 2.24) is 15.1 Å². The van der Waals surface area contributed by atoms with Gasteiger partial charge in [-0.05, 0) is 32.1 Å². The molecule has 0 bridgehead atoms. The Kier molecular flexibility index (Phi) is 3.09. The number of carbonyl (C=O) groups is 1. The van der Waals surface area contributed by atoms with E-state index in [2.05, 4.69) is 10.4 Å². The van der Waals surface area contributed by atoms with Gasteiger partial charge in [0.1, 0.15) is 0 Å². The lowest BCUT2D eigenvalue weighted by Crippen LogP contribution is -2.51. The Bertz CT molecular complexity index is 484. The largest absolute Gasteiger partial charge is 0.349 e. The zero-order valence-electron chi connectivity index (χ0n) is 11.5. The third-order valence-corrected chi connectivity index (χ3v) is 4.86. The SMILES string of the molecule is Cn1ncc2c1CCCC2NC(=O)C1(CN)CCC1. The van der Waals surface area contributed by atoms with E-state index in [9.17, 15) is 4.79 Å². The van der Waals surface area contributed by atoms with E-state index in [1.54, 1.807) is 0 Å². The summed E-state index contributed by atoms with van der Waals surface area (Å²) in [6.45, 7) is 0.464. The average Bonchev–Trinajstić information content (AvgIpc) is 2.72. The first-order valence-electron chi connectivity index (χ1n) is 7.18. The van der Waals surface area contributed by atoms with Gasteiger partial charge in [-0.3, -0.25) is 9.48 Å². The summed E-state index contributed by atoms with van der Waals surface area (Å²) in [5.41, 5.74) is 7.95. The number of nitrogens with one attached hydrogen (secondary N) is 1. The molecule has 1 aromatic rings. The van der Waals surface area contributed by atoms with Gasteiger partial charge in [-0.2, -0.15) is 5.10 Å². The molecular weight excluding hydrogens is 240 g/mol. The number of amides is 1. The van der Waals surface area contributed by atoms with Crippen molar-refractivity contribution in [3.8, 4) is 0 Å². The molecule has 0 aromatic carbocycles. The zero-order valence-corrected chi connectivity index (χ0v) is 11.5. The van der Waals surface area contributed by atoms with Crippen LogP contribution in [0, 0.1) is 5.41 Å². The van der Waals surface area contributed by atoms with E-state index in [0.29, 0.717) is 6.54 Å². The van der Waals surface area contributed by atoms with E-state index in [0.717, 1.165) is 38.5 Å². The topological polar surface area (TPSA) is 72.9 Å². The monoisotopic (exact) mass is 262 g/mol. The van der Waals surface area contributed by atoms with Crippen LogP contribution < -0.4 is 11.1 Å². The maximum absolute atomic E-state index is 12.4. The number of rotatable bonds is 3. The fourth-order valence-electron chi connectivity index (χ4n) is 3.29. The molecule has 0 radical (unpaired) electrons. The van der Waals surface area contributed by atoms with Crippen LogP contribution in [0.4, 0.5) is 0 Å². The number of hydrogen-bond donors (Lipinski definition) is 2. The predicted octanol–water partition coefficient (Wildman–Crippen LogP) is 1.04. The lowest BCUT2D eigenvalue weighted by Gasteiger charge is -2.40. The van der Waals surface area contributed by atoms with Crippen LogP contribution >= 0.6 is 0 Å². The number of hydrogen-bond acceptors (Lipinski definition) is 3. The molecule has 5 nitrogen and oxygen atoms in total. The lowest BCUT2D eigenvalue weighted by molar-refractivity contribution is -0.136. The van der Waals surface area contributed by atoms with Gasteiger partial charge in [0.05, 0.1) is 17.7 Å². The van der Waals surface area contributed by atoms with Crippen LogP contribution in [0.15, 0.2) is 6.20 Å². The van der Waals surface area contributed by atoms with Crippen molar-refractivity contribution in [1.29, 1.82) is 0 Å². The number of nitrogens with two attached hydrogens (primary N) is 1. The van der Waals surface area contributed by atoms with Crippen LogP contribution in [0.2, 0.25) is 0 Å². The van der Waals surface area contributed by atoms with Crippen LogP contribution in [-0.2, 0) is 18.3 Å². The van der Waals surface area contributed by atoms with E-state index in [-0.39, 0.29) is 17.4 Å². The first-order chi connectivity index (χ1) is 9.16. The van der Waals surface area contributed by atoms with Gasteiger partial charge in [-0.15, -0.1) is 0 Å². The van der Waals surface area contributed by atoms with E-state index in [4.69, 9.17) is 5.73 Å². The fourth-order valence-corrected chi connectivity index (χ4v) is 3.29. The summed E-state index contributed by atoms with van der Waals surface area (Å²) in [4.78, 5) is 12.4. The highest BCUT2D eigenvalue weighted by Crippen LogP contribution is 2.41. The first kappa shape index (κ1) is 12.7. The molecule has 1 aromatic heterocycles. The lowest BCUT2D eigenvalue weighted by atomic mass is 9.68. The molecular formula is C14H22N4O. The maximum atomic E-state index is 12.4. The summed E-state index contributed by atoms with van der Waals surface area (Å²) in [5.74, 6) is 0.142. The number of carbonyl (C=O) groups excluding carboxylic acids is 1. The molecule has 0 saturated heterocycles. The highest BCUT2D eigenvalue weighted by Gasteiger charge is 2.43. The van der Waals surface area contributed by atoms with E-state index in [1.807, 2.05) is 17.9 Å². The number of aromatic nitrogens is 2. The van der Waals surface area contributed by atoms with Crippen molar-refractivity contribution >= 4 is 5.91 Å². The van der Waals surface area contributed by atoms with Gasteiger partial charge in [0.15, 0.2) is 0 Å². The standard InChI is InChI=1S/C14H22N4O/c1-18-12-5-2-4-11(10(12)8-16-18)17-13(19)14(9-15)6-3-7-14/h8,11H,2-7,9,15H2,1H3,(H,17,19). The molecule has 104 valence electrons. The summed E-state index contributed by atoms with van der Waals surface area (Å²) in [7, 11) is 1.97. The summed E-state index contributed by atoms with van der Waals surface area (Å²) in [5, 5.41) is 7.52. The van der Waals surface area contributed by atoms with E-state index < -0.39 is 0 Å². The van der Waals surface area contributed by atoms with Gasteiger partial charge in [-0.1, -0.05) is 6.42 Å². The molecule has 3 rings (SSSR count). The second kappa shape index (κ2) is 4.63. The molecule has 1 saturated carbocycles. The number of nitrogens with zero attached hydrogens (tertiary/aromatic N) is 2. The number of fused-ring (bicyclic) bond motifs is 1. The molecule has 1 atom stereocenters. The van der Waals surface area contributed by atoms with Crippen molar-refractivity contribution in [2.24, 2.45) is 18.2 Å². The molecule has 1 amide bonds. The van der Waals surface area contributed by atoms with Gasteiger partial charge >= 0.3 is 0 Å². The smallest absolute Gasteiger partial charge is 0.227 e. The van der Waals surface area contributed by atoms with Crippen LogP contribution in [-0.4, -0.2) is 22.2 Å². The third-order valence-electron chi connectivity index (χ3n) is 4.86. The molecule has 2 aliphatic rings. The molecule has 1 fully saturated rings. The van der Waals surface area contributed by atoms with Crippen molar-refractivity contribution in [2.75, 3.05) is 6.54 Å². The van der Waals surface area contributed by atoms with Crippen LogP contribution in [0.25, 0.3) is 0 Å². The molecule has 3 N–H and O–H groups in total. The predicted molar refractivity (Wildman–Crippen MR) is 72.4 cm³/mol. The first-order valence-corrected chi connectivity index (χ1v) is 7.18. The summed E-state index contributed by atoms with van der Waals surface area (Å²) in [6, 6.07) is 0.119. The van der Waals surface area contributed by atoms with Crippen LogP contribution in [0.5, 0.6) is 0 Å². The summed E-state index contributed by atoms with van der Waals surface area (Å²) < 4.78 is 1.93. The van der Waals surface area contributed by atoms with Crippen LogP contribution in [0.3, 0.4) is 0 Å². The highest BCUT2D eigenvalue weighted by molar-refractivity contribution is 5.84. The molecule has 5 heteroatoms. The Labute approximate surface area is 113 Å². The summed E-state index contributed by atoms with van der Waals surface area (Å²) in [6.07, 6.45) is 8.05. The fraction of sp³-hybridized carbons (Fsp3) is 0.714. The summed E-state index contributed by atoms with van der Waals surface area (Å²) >= 11 is 0. The van der Waals surface area contributed by atoms with Gasteiger partial charge in [-0.25, -0.2) is 0 Å². The Morgan fingerprint density at radius 1 is 1.58 bits per heavy atom. The number of aryl methyl sites for hydroxylation is 1. The highest BCUT2D eigenvalue weighted by atomic mass is 16.2. The van der Waals surface area contributed by atoms with Crippen molar-refractivity contribution in [3.05, 3.63) is 17.5 Å². The molecule has 1 heterocycles. The second-order valence-corrected chi connectivity index (χ2v) is 5.93. The molecule has 0 spiro atoms. The third kappa shape index (κ3) is 1.96. The normalized spacial score (nSPS) is 24.4. The quantitative estimate of drug-likeness (QED) is 0.855. The zero-order chi connectivity index (χ0) is 13.5. The minimum absolute atomic E-state index is 0.119. The minimum Gasteiger partial charge on any atom is -0.349 e. The Balaban J connectivity index is 1.76. The van der Waals surface area contributed by atoms with Crippen molar-refractivity contribution in [2.45, 2.75) is 44.6 Å². The molecule has 2 aliphatic carbocycles. The average molecular weight is 262 g/mol. The van der Waals surface area contributed by atoms with E-state index >= 15 is 0 Å². The van der Waals surface area contributed by atoms with Crippen molar-refractivity contribution in [3.63, 3.8) is 0 Å². The Morgan fingerprint density at radius 3 is 3.00 bits per heavy atom. The molecule has 19 heavy (non-hydrogen) atoms. The maximum Gasteiger partial charge on any atom is 0.227 e. The Morgan fingerprint density at radius 2 is 2.37 bits per heavy atom. The molecule has 0 aliphatic heterocycles.